The maximum atomic E-state index is 11.4. The second kappa shape index (κ2) is 7.28. The van der Waals surface area contributed by atoms with Gasteiger partial charge in [0.25, 0.3) is 0 Å². The largest absolute Gasteiger partial charge is 0.489 e. The molecule has 0 aliphatic carbocycles. The number of hydrogen-bond donors (Lipinski definition) is 3. The fourth-order valence-corrected chi connectivity index (χ4v) is 1.47. The number of aliphatic hydroxyl groups excluding tert-OH is 1. The molecule has 0 bridgehead atoms. The van der Waals surface area contributed by atoms with E-state index in [1.54, 1.807) is 20.8 Å². The highest BCUT2D eigenvalue weighted by Crippen LogP contribution is 2.16. The van der Waals surface area contributed by atoms with Gasteiger partial charge in [-0.3, -0.25) is 5.43 Å². The number of carbonyl (C=O) groups is 1. The number of hydrazine groups is 1. The van der Waals surface area contributed by atoms with E-state index in [2.05, 4.69) is 10.9 Å². The van der Waals surface area contributed by atoms with Gasteiger partial charge in [-0.1, -0.05) is 6.07 Å². The number of aryl methyl sites for hydroxylation is 2. The Kier molecular flexibility index (Phi) is 5.99. The predicted molar refractivity (Wildman–Crippen MR) is 79.9 cm³/mol. The Hall–Kier alpha value is -1.79. The molecule has 6 nitrogen and oxygen atoms in total. The fraction of sp³-hybridized carbons (Fsp3) is 0.533. The summed E-state index contributed by atoms with van der Waals surface area (Å²) in [5.74, 6) is 0.663. The molecule has 0 radical (unpaired) electrons. The summed E-state index contributed by atoms with van der Waals surface area (Å²) < 4.78 is 10.4. The molecule has 0 saturated heterocycles. The quantitative estimate of drug-likeness (QED) is 0.572. The lowest BCUT2D eigenvalue weighted by Crippen LogP contribution is -2.48. The molecule has 0 aromatic heterocycles. The molecule has 1 aromatic rings. The molecule has 1 rings (SSSR count). The third kappa shape index (κ3) is 6.97. The second-order valence-electron chi connectivity index (χ2n) is 5.84. The standard InChI is InChI=1S/C15H24N2O4/c1-10-6-7-12(8-11(10)2)20-9-13(18)16-17-14(19)21-15(3,4)5/h6-8,13,16,18H,9H2,1-5H3,(H,17,19)/t13-/m0/s1. The molecule has 118 valence electrons. The van der Waals surface area contributed by atoms with Gasteiger partial charge in [0.1, 0.15) is 18.0 Å². The number of benzene rings is 1. The highest BCUT2D eigenvalue weighted by atomic mass is 16.6. The minimum atomic E-state index is -1.04. The van der Waals surface area contributed by atoms with Gasteiger partial charge < -0.3 is 14.6 Å². The molecule has 0 aliphatic rings. The zero-order valence-electron chi connectivity index (χ0n) is 13.2. The maximum absolute atomic E-state index is 11.4. The Morgan fingerprint density at radius 2 is 1.95 bits per heavy atom. The van der Waals surface area contributed by atoms with E-state index in [0.717, 1.165) is 5.56 Å². The van der Waals surface area contributed by atoms with Crippen LogP contribution >= 0.6 is 0 Å². The summed E-state index contributed by atoms with van der Waals surface area (Å²) >= 11 is 0. The molecule has 0 spiro atoms. The summed E-state index contributed by atoms with van der Waals surface area (Å²) in [6.07, 6.45) is -1.70. The molecule has 1 atom stereocenters. The molecule has 1 amide bonds. The van der Waals surface area contributed by atoms with Crippen LogP contribution in [0.2, 0.25) is 0 Å². The Morgan fingerprint density at radius 1 is 1.29 bits per heavy atom. The number of amides is 1. The SMILES string of the molecule is Cc1ccc(OC[C@H](O)NNC(=O)OC(C)(C)C)cc1C. The molecule has 21 heavy (non-hydrogen) atoms. The normalized spacial score (nSPS) is 12.7. The number of hydrogen-bond acceptors (Lipinski definition) is 5. The Morgan fingerprint density at radius 3 is 2.52 bits per heavy atom. The molecule has 0 unspecified atom stereocenters. The summed E-state index contributed by atoms with van der Waals surface area (Å²) in [7, 11) is 0. The first-order valence-corrected chi connectivity index (χ1v) is 6.80. The highest BCUT2D eigenvalue weighted by molar-refractivity contribution is 5.66. The first-order valence-electron chi connectivity index (χ1n) is 6.80. The van der Waals surface area contributed by atoms with Crippen molar-refractivity contribution in [3.8, 4) is 5.75 Å². The van der Waals surface area contributed by atoms with Crippen LogP contribution in [0.5, 0.6) is 5.75 Å². The van der Waals surface area contributed by atoms with E-state index in [9.17, 15) is 9.90 Å². The van der Waals surface area contributed by atoms with Gasteiger partial charge in [0.05, 0.1) is 0 Å². The zero-order chi connectivity index (χ0) is 16.0. The predicted octanol–water partition coefficient (Wildman–Crippen LogP) is 2.03. The van der Waals surface area contributed by atoms with E-state index in [4.69, 9.17) is 9.47 Å². The molecular formula is C15H24N2O4. The zero-order valence-corrected chi connectivity index (χ0v) is 13.2. The van der Waals surface area contributed by atoms with Crippen molar-refractivity contribution in [1.82, 2.24) is 10.9 Å². The maximum Gasteiger partial charge on any atom is 0.422 e. The molecule has 0 heterocycles. The van der Waals surface area contributed by atoms with Crippen LogP contribution in [0.25, 0.3) is 0 Å². The van der Waals surface area contributed by atoms with Gasteiger partial charge in [-0.15, -0.1) is 0 Å². The number of carbonyl (C=O) groups excluding carboxylic acids is 1. The third-order valence-electron chi connectivity index (χ3n) is 2.63. The van der Waals surface area contributed by atoms with Crippen LogP contribution in [0.4, 0.5) is 4.79 Å². The van der Waals surface area contributed by atoms with Crippen molar-refractivity contribution in [2.75, 3.05) is 6.61 Å². The van der Waals surface area contributed by atoms with Crippen molar-refractivity contribution in [1.29, 1.82) is 0 Å². The Balaban J connectivity index is 2.32. The topological polar surface area (TPSA) is 79.8 Å². The first kappa shape index (κ1) is 17.3. The first-order chi connectivity index (χ1) is 9.67. The van der Waals surface area contributed by atoms with Crippen molar-refractivity contribution in [3.63, 3.8) is 0 Å². The smallest absolute Gasteiger partial charge is 0.422 e. The lowest BCUT2D eigenvalue weighted by molar-refractivity contribution is 0.0309. The molecule has 0 aliphatic heterocycles. The molecule has 6 heteroatoms. The highest BCUT2D eigenvalue weighted by Gasteiger charge is 2.16. The van der Waals surface area contributed by atoms with Crippen LogP contribution in [-0.4, -0.2) is 29.6 Å². The summed E-state index contributed by atoms with van der Waals surface area (Å²) in [5, 5.41) is 9.68. The van der Waals surface area contributed by atoms with E-state index in [-0.39, 0.29) is 6.61 Å². The van der Waals surface area contributed by atoms with E-state index in [1.807, 2.05) is 32.0 Å². The van der Waals surface area contributed by atoms with Gasteiger partial charge in [0, 0.05) is 0 Å². The van der Waals surface area contributed by atoms with E-state index in [1.165, 1.54) is 5.56 Å². The summed E-state index contributed by atoms with van der Waals surface area (Å²) in [5.41, 5.74) is 6.36. The number of ether oxygens (including phenoxy) is 2. The van der Waals surface area contributed by atoms with Crippen LogP contribution in [0.1, 0.15) is 31.9 Å². The van der Waals surface area contributed by atoms with Crippen LogP contribution in [0.3, 0.4) is 0 Å². The van der Waals surface area contributed by atoms with Crippen LogP contribution in [-0.2, 0) is 4.74 Å². The monoisotopic (exact) mass is 296 g/mol. The Labute approximate surface area is 125 Å². The summed E-state index contributed by atoms with van der Waals surface area (Å²) in [6, 6.07) is 5.67. The van der Waals surface area contributed by atoms with Gasteiger partial charge in [-0.2, -0.15) is 0 Å². The molecule has 0 saturated carbocycles. The van der Waals surface area contributed by atoms with Crippen molar-refractivity contribution in [3.05, 3.63) is 29.3 Å². The average molecular weight is 296 g/mol. The Bertz CT molecular complexity index is 483. The van der Waals surface area contributed by atoms with Crippen molar-refractivity contribution < 1.29 is 19.4 Å². The summed E-state index contributed by atoms with van der Waals surface area (Å²) in [6.45, 7) is 9.27. The van der Waals surface area contributed by atoms with Gasteiger partial charge in [-0.05, 0) is 57.9 Å². The van der Waals surface area contributed by atoms with Crippen LogP contribution in [0.15, 0.2) is 18.2 Å². The lowest BCUT2D eigenvalue weighted by Gasteiger charge is -2.21. The van der Waals surface area contributed by atoms with E-state index in [0.29, 0.717) is 5.75 Å². The minimum absolute atomic E-state index is 0.00169. The van der Waals surface area contributed by atoms with Gasteiger partial charge in [0.15, 0.2) is 6.23 Å². The molecule has 1 aromatic carbocycles. The van der Waals surface area contributed by atoms with Crippen molar-refractivity contribution in [2.24, 2.45) is 0 Å². The minimum Gasteiger partial charge on any atom is -0.489 e. The average Bonchev–Trinajstić information content (AvgIpc) is 2.36. The van der Waals surface area contributed by atoms with Gasteiger partial charge >= 0.3 is 6.09 Å². The fourth-order valence-electron chi connectivity index (χ4n) is 1.47. The van der Waals surface area contributed by atoms with Crippen molar-refractivity contribution in [2.45, 2.75) is 46.4 Å². The van der Waals surface area contributed by atoms with Crippen molar-refractivity contribution >= 4 is 6.09 Å². The molecular weight excluding hydrogens is 272 g/mol. The van der Waals surface area contributed by atoms with Gasteiger partial charge in [0.2, 0.25) is 0 Å². The number of nitrogens with one attached hydrogen (secondary N) is 2. The molecule has 3 N–H and O–H groups in total. The number of rotatable bonds is 5. The molecule has 0 fully saturated rings. The number of aliphatic hydroxyl groups is 1. The van der Waals surface area contributed by atoms with Crippen LogP contribution < -0.4 is 15.6 Å². The lowest BCUT2D eigenvalue weighted by atomic mass is 10.1. The van der Waals surface area contributed by atoms with E-state index < -0.39 is 17.9 Å². The second-order valence-corrected chi connectivity index (χ2v) is 5.84. The van der Waals surface area contributed by atoms with Crippen LogP contribution in [0, 0.1) is 13.8 Å². The third-order valence-corrected chi connectivity index (χ3v) is 2.63. The van der Waals surface area contributed by atoms with Gasteiger partial charge in [-0.25, -0.2) is 10.2 Å². The summed E-state index contributed by atoms with van der Waals surface area (Å²) in [4.78, 5) is 11.4. The van der Waals surface area contributed by atoms with E-state index >= 15 is 0 Å².